The summed E-state index contributed by atoms with van der Waals surface area (Å²) in [6, 6.07) is 5.85. The SMILES string of the molecule is CCCC(C)NC(=O)C(C)Oc1ccc(CC)cc1N. The third kappa shape index (κ3) is 4.76. The summed E-state index contributed by atoms with van der Waals surface area (Å²) in [6.45, 7) is 7.90. The number of amides is 1. The van der Waals surface area contributed by atoms with Gasteiger partial charge in [-0.15, -0.1) is 0 Å². The smallest absolute Gasteiger partial charge is 0.260 e. The minimum Gasteiger partial charge on any atom is -0.479 e. The first kappa shape index (κ1) is 16.3. The highest BCUT2D eigenvalue weighted by Crippen LogP contribution is 2.24. The van der Waals surface area contributed by atoms with Gasteiger partial charge in [0.25, 0.3) is 5.91 Å². The van der Waals surface area contributed by atoms with Crippen LogP contribution in [0.5, 0.6) is 5.75 Å². The Morgan fingerprint density at radius 2 is 2.05 bits per heavy atom. The fraction of sp³-hybridized carbons (Fsp3) is 0.562. The van der Waals surface area contributed by atoms with Crippen molar-refractivity contribution in [2.45, 2.75) is 59.1 Å². The van der Waals surface area contributed by atoms with Crippen LogP contribution in [0.15, 0.2) is 18.2 Å². The second-order valence-electron chi connectivity index (χ2n) is 5.18. The third-order valence-corrected chi connectivity index (χ3v) is 3.27. The number of aryl methyl sites for hydroxylation is 1. The van der Waals surface area contributed by atoms with Gasteiger partial charge in [-0.1, -0.05) is 26.3 Å². The number of carbonyl (C=O) groups excluding carboxylic acids is 1. The number of nitrogens with one attached hydrogen (secondary N) is 1. The van der Waals surface area contributed by atoms with Crippen molar-refractivity contribution in [3.63, 3.8) is 0 Å². The predicted octanol–water partition coefficient (Wildman–Crippen LogP) is 2.90. The third-order valence-electron chi connectivity index (χ3n) is 3.27. The maximum atomic E-state index is 12.0. The van der Waals surface area contributed by atoms with Crippen LogP contribution in [-0.2, 0) is 11.2 Å². The molecule has 20 heavy (non-hydrogen) atoms. The molecule has 4 heteroatoms. The van der Waals surface area contributed by atoms with Gasteiger partial charge in [-0.25, -0.2) is 0 Å². The summed E-state index contributed by atoms with van der Waals surface area (Å²) in [6.07, 6.45) is 2.38. The lowest BCUT2D eigenvalue weighted by Gasteiger charge is -2.19. The number of nitrogens with two attached hydrogens (primary N) is 1. The Morgan fingerprint density at radius 1 is 1.35 bits per heavy atom. The van der Waals surface area contributed by atoms with E-state index in [1.165, 1.54) is 0 Å². The lowest BCUT2D eigenvalue weighted by Crippen LogP contribution is -2.41. The largest absolute Gasteiger partial charge is 0.479 e. The lowest BCUT2D eigenvalue weighted by atomic mass is 10.1. The van der Waals surface area contributed by atoms with Gasteiger partial charge in [0.1, 0.15) is 5.75 Å². The molecule has 0 fully saturated rings. The topological polar surface area (TPSA) is 64.3 Å². The van der Waals surface area contributed by atoms with E-state index in [0.717, 1.165) is 24.8 Å². The molecule has 0 heterocycles. The summed E-state index contributed by atoms with van der Waals surface area (Å²) >= 11 is 0. The first-order valence-corrected chi connectivity index (χ1v) is 7.33. The number of hydrogen-bond donors (Lipinski definition) is 2. The Balaban J connectivity index is 2.61. The highest BCUT2D eigenvalue weighted by molar-refractivity contribution is 5.81. The van der Waals surface area contributed by atoms with Crippen molar-refractivity contribution >= 4 is 11.6 Å². The molecule has 2 unspecified atom stereocenters. The zero-order valence-corrected chi connectivity index (χ0v) is 12.9. The highest BCUT2D eigenvalue weighted by atomic mass is 16.5. The van der Waals surface area contributed by atoms with Gasteiger partial charge in [0.2, 0.25) is 0 Å². The molecule has 2 atom stereocenters. The number of ether oxygens (including phenoxy) is 1. The average molecular weight is 278 g/mol. The molecule has 1 aromatic rings. The van der Waals surface area contributed by atoms with Gasteiger partial charge in [-0.05, 0) is 44.4 Å². The average Bonchev–Trinajstić information content (AvgIpc) is 2.41. The maximum Gasteiger partial charge on any atom is 0.260 e. The van der Waals surface area contributed by atoms with Crippen LogP contribution >= 0.6 is 0 Å². The number of benzene rings is 1. The van der Waals surface area contributed by atoms with Crippen molar-refractivity contribution in [3.05, 3.63) is 23.8 Å². The van der Waals surface area contributed by atoms with Gasteiger partial charge < -0.3 is 15.8 Å². The molecule has 0 spiro atoms. The Morgan fingerprint density at radius 3 is 2.60 bits per heavy atom. The Labute approximate surface area is 121 Å². The highest BCUT2D eigenvalue weighted by Gasteiger charge is 2.17. The molecule has 3 N–H and O–H groups in total. The van der Waals surface area contributed by atoms with Gasteiger partial charge in [0.05, 0.1) is 5.69 Å². The molecular formula is C16H26N2O2. The van der Waals surface area contributed by atoms with Crippen LogP contribution in [0.25, 0.3) is 0 Å². The molecule has 1 aromatic carbocycles. The van der Waals surface area contributed by atoms with Crippen molar-refractivity contribution in [1.82, 2.24) is 5.32 Å². The van der Waals surface area contributed by atoms with E-state index in [0.29, 0.717) is 11.4 Å². The molecule has 0 saturated carbocycles. The Hall–Kier alpha value is -1.71. The zero-order chi connectivity index (χ0) is 15.1. The van der Waals surface area contributed by atoms with Crippen LogP contribution < -0.4 is 15.8 Å². The number of hydrogen-bond acceptors (Lipinski definition) is 3. The second-order valence-corrected chi connectivity index (χ2v) is 5.18. The van der Waals surface area contributed by atoms with E-state index in [2.05, 4.69) is 19.2 Å². The van der Waals surface area contributed by atoms with Gasteiger partial charge >= 0.3 is 0 Å². The van der Waals surface area contributed by atoms with E-state index < -0.39 is 6.10 Å². The summed E-state index contributed by atoms with van der Waals surface area (Å²) in [5.41, 5.74) is 7.67. The molecule has 112 valence electrons. The van der Waals surface area contributed by atoms with Crippen LogP contribution in [0.3, 0.4) is 0 Å². The van der Waals surface area contributed by atoms with Crippen LogP contribution in [-0.4, -0.2) is 18.1 Å². The number of rotatable bonds is 7. The maximum absolute atomic E-state index is 12.0. The predicted molar refractivity (Wildman–Crippen MR) is 82.8 cm³/mol. The molecule has 0 aliphatic heterocycles. The molecule has 0 aliphatic carbocycles. The van der Waals surface area contributed by atoms with E-state index in [9.17, 15) is 4.79 Å². The van der Waals surface area contributed by atoms with Crippen molar-refractivity contribution in [3.8, 4) is 5.75 Å². The molecule has 0 aromatic heterocycles. The van der Waals surface area contributed by atoms with E-state index in [-0.39, 0.29) is 11.9 Å². The molecule has 4 nitrogen and oxygen atoms in total. The van der Waals surface area contributed by atoms with Crippen LogP contribution in [0.2, 0.25) is 0 Å². The summed E-state index contributed by atoms with van der Waals surface area (Å²) < 4.78 is 5.65. The standard InChI is InChI=1S/C16H26N2O2/c1-5-7-11(3)18-16(19)12(4)20-15-9-8-13(6-2)10-14(15)17/h8-12H,5-7,17H2,1-4H3,(H,18,19). The van der Waals surface area contributed by atoms with Gasteiger partial charge in [0.15, 0.2) is 6.10 Å². The summed E-state index contributed by atoms with van der Waals surface area (Å²) in [5, 5.41) is 2.94. The number of carbonyl (C=O) groups is 1. The molecule has 0 bridgehead atoms. The first-order valence-electron chi connectivity index (χ1n) is 7.33. The van der Waals surface area contributed by atoms with E-state index in [4.69, 9.17) is 10.5 Å². The van der Waals surface area contributed by atoms with Crippen molar-refractivity contribution in [2.24, 2.45) is 0 Å². The van der Waals surface area contributed by atoms with Gasteiger partial charge in [0, 0.05) is 6.04 Å². The van der Waals surface area contributed by atoms with Crippen LogP contribution in [0, 0.1) is 0 Å². The van der Waals surface area contributed by atoms with Crippen molar-refractivity contribution in [1.29, 1.82) is 0 Å². The molecule has 1 rings (SSSR count). The first-order chi connectivity index (χ1) is 9.47. The van der Waals surface area contributed by atoms with Crippen LogP contribution in [0.4, 0.5) is 5.69 Å². The molecule has 1 amide bonds. The zero-order valence-electron chi connectivity index (χ0n) is 12.9. The number of anilines is 1. The van der Waals surface area contributed by atoms with Gasteiger partial charge in [-0.2, -0.15) is 0 Å². The minimum atomic E-state index is -0.552. The summed E-state index contributed by atoms with van der Waals surface area (Å²) in [7, 11) is 0. The lowest BCUT2D eigenvalue weighted by molar-refractivity contribution is -0.127. The fourth-order valence-electron chi connectivity index (χ4n) is 2.03. The summed E-state index contributed by atoms with van der Waals surface area (Å²) in [4.78, 5) is 12.0. The number of nitrogen functional groups attached to an aromatic ring is 1. The summed E-state index contributed by atoms with van der Waals surface area (Å²) in [5.74, 6) is 0.456. The Kier molecular flexibility index (Phi) is 6.36. The molecule has 0 aliphatic rings. The second kappa shape index (κ2) is 7.78. The van der Waals surface area contributed by atoms with Gasteiger partial charge in [-0.3, -0.25) is 4.79 Å². The minimum absolute atomic E-state index is 0.107. The molecule has 0 radical (unpaired) electrons. The van der Waals surface area contributed by atoms with E-state index >= 15 is 0 Å². The van der Waals surface area contributed by atoms with Crippen molar-refractivity contribution in [2.75, 3.05) is 5.73 Å². The quantitative estimate of drug-likeness (QED) is 0.754. The molecular weight excluding hydrogens is 252 g/mol. The molecule has 0 saturated heterocycles. The van der Waals surface area contributed by atoms with Crippen LogP contribution in [0.1, 0.15) is 46.1 Å². The fourth-order valence-corrected chi connectivity index (χ4v) is 2.03. The van der Waals surface area contributed by atoms with E-state index in [1.54, 1.807) is 6.92 Å². The normalized spacial score (nSPS) is 13.6. The monoisotopic (exact) mass is 278 g/mol. The Bertz CT molecular complexity index is 446. The van der Waals surface area contributed by atoms with Crippen molar-refractivity contribution < 1.29 is 9.53 Å². The van der Waals surface area contributed by atoms with E-state index in [1.807, 2.05) is 25.1 Å².